The van der Waals surface area contributed by atoms with Crippen LogP contribution in [0.4, 0.5) is 13.2 Å². The van der Waals surface area contributed by atoms with E-state index in [-0.39, 0.29) is 6.04 Å². The molecule has 0 aliphatic heterocycles. The summed E-state index contributed by atoms with van der Waals surface area (Å²) in [4.78, 5) is 0. The Hall–Kier alpha value is -1.11. The van der Waals surface area contributed by atoms with Gasteiger partial charge in [0, 0.05) is 14.2 Å². The van der Waals surface area contributed by atoms with Crippen LogP contribution in [0.15, 0.2) is 18.2 Å². The molecule has 0 aliphatic rings. The molecule has 108 valence electrons. The molecule has 0 aromatic heterocycles. The number of hydrogen-bond acceptors (Lipinski definition) is 3. The number of ether oxygens (including phenoxy) is 2. The second-order valence-corrected chi connectivity index (χ2v) is 4.18. The highest BCUT2D eigenvalue weighted by Crippen LogP contribution is 2.32. The maximum absolute atomic E-state index is 12.6. The first-order valence-corrected chi connectivity index (χ1v) is 5.75. The van der Waals surface area contributed by atoms with Crippen molar-refractivity contribution in [3.05, 3.63) is 34.9 Å². The standard InChI is InChI=1S/C13H18F3NO2/c1-8-7-9(13(14,15)16)5-6-10(8)11(17-2)12(18-3)19-4/h5-7,11-12,17H,1-4H3. The van der Waals surface area contributed by atoms with Crippen molar-refractivity contribution in [3.8, 4) is 0 Å². The Bertz CT molecular complexity index is 417. The molecule has 0 bridgehead atoms. The second-order valence-electron chi connectivity index (χ2n) is 4.18. The molecule has 1 rings (SSSR count). The lowest BCUT2D eigenvalue weighted by atomic mass is 9.98. The van der Waals surface area contributed by atoms with Crippen molar-refractivity contribution < 1.29 is 22.6 Å². The van der Waals surface area contributed by atoms with Crippen LogP contribution < -0.4 is 5.32 Å². The Morgan fingerprint density at radius 3 is 2.11 bits per heavy atom. The monoisotopic (exact) mass is 277 g/mol. The maximum atomic E-state index is 12.6. The first kappa shape index (κ1) is 15.9. The molecule has 1 unspecified atom stereocenters. The van der Waals surface area contributed by atoms with Gasteiger partial charge >= 0.3 is 6.18 Å². The van der Waals surface area contributed by atoms with E-state index in [1.807, 2.05) is 0 Å². The lowest BCUT2D eigenvalue weighted by molar-refractivity contribution is -0.137. The summed E-state index contributed by atoms with van der Waals surface area (Å²) in [6.45, 7) is 1.64. The van der Waals surface area contributed by atoms with Crippen molar-refractivity contribution in [3.63, 3.8) is 0 Å². The van der Waals surface area contributed by atoms with Gasteiger partial charge in [0.2, 0.25) is 0 Å². The second kappa shape index (κ2) is 6.36. The highest BCUT2D eigenvalue weighted by molar-refractivity contribution is 5.35. The molecule has 0 heterocycles. The number of likely N-dealkylation sites (N-methyl/N-ethyl adjacent to an activating group) is 1. The van der Waals surface area contributed by atoms with Crippen molar-refractivity contribution in [1.82, 2.24) is 5.32 Å². The number of methoxy groups -OCH3 is 2. The number of halogens is 3. The lowest BCUT2D eigenvalue weighted by Crippen LogP contribution is -2.33. The minimum atomic E-state index is -4.33. The van der Waals surface area contributed by atoms with Crippen molar-refractivity contribution in [1.29, 1.82) is 0 Å². The van der Waals surface area contributed by atoms with E-state index in [1.165, 1.54) is 20.3 Å². The van der Waals surface area contributed by atoms with Crippen molar-refractivity contribution >= 4 is 0 Å². The zero-order valence-corrected chi connectivity index (χ0v) is 11.3. The van der Waals surface area contributed by atoms with Crippen molar-refractivity contribution in [2.75, 3.05) is 21.3 Å². The van der Waals surface area contributed by atoms with Crippen LogP contribution in [0.25, 0.3) is 0 Å². The normalized spacial score (nSPS) is 13.9. The fraction of sp³-hybridized carbons (Fsp3) is 0.538. The molecule has 0 spiro atoms. The van der Waals surface area contributed by atoms with Crippen LogP contribution in [0.5, 0.6) is 0 Å². The minimum Gasteiger partial charge on any atom is -0.354 e. The summed E-state index contributed by atoms with van der Waals surface area (Å²) in [5.41, 5.74) is 0.590. The van der Waals surface area contributed by atoms with Gasteiger partial charge in [0.05, 0.1) is 11.6 Å². The van der Waals surface area contributed by atoms with Gasteiger partial charge in [-0.05, 0) is 37.2 Å². The molecule has 0 saturated heterocycles. The van der Waals surface area contributed by atoms with Gasteiger partial charge < -0.3 is 14.8 Å². The maximum Gasteiger partial charge on any atom is 0.416 e. The van der Waals surface area contributed by atoms with Gasteiger partial charge in [0.25, 0.3) is 0 Å². The van der Waals surface area contributed by atoms with Crippen LogP contribution in [0, 0.1) is 6.92 Å². The first-order valence-electron chi connectivity index (χ1n) is 5.75. The minimum absolute atomic E-state index is 0.336. The van der Waals surface area contributed by atoms with Crippen LogP contribution >= 0.6 is 0 Å². The largest absolute Gasteiger partial charge is 0.416 e. The molecule has 0 radical (unpaired) electrons. The molecular formula is C13H18F3NO2. The average Bonchev–Trinajstić information content (AvgIpc) is 2.35. The van der Waals surface area contributed by atoms with E-state index >= 15 is 0 Å². The van der Waals surface area contributed by atoms with Crippen molar-refractivity contribution in [2.45, 2.75) is 25.4 Å². The topological polar surface area (TPSA) is 30.5 Å². The number of hydrogen-bond donors (Lipinski definition) is 1. The van der Waals surface area contributed by atoms with Gasteiger partial charge in [0.15, 0.2) is 6.29 Å². The molecule has 1 atom stereocenters. The van der Waals surface area contributed by atoms with Crippen LogP contribution in [0.2, 0.25) is 0 Å². The van der Waals surface area contributed by atoms with E-state index < -0.39 is 18.0 Å². The van der Waals surface area contributed by atoms with E-state index in [0.29, 0.717) is 11.1 Å². The van der Waals surface area contributed by atoms with Gasteiger partial charge in [0.1, 0.15) is 0 Å². The molecule has 1 N–H and O–H groups in total. The zero-order chi connectivity index (χ0) is 14.6. The molecule has 19 heavy (non-hydrogen) atoms. The molecular weight excluding hydrogens is 259 g/mol. The summed E-state index contributed by atoms with van der Waals surface area (Å²) < 4.78 is 48.1. The lowest BCUT2D eigenvalue weighted by Gasteiger charge is -2.26. The third-order valence-electron chi connectivity index (χ3n) is 2.98. The average molecular weight is 277 g/mol. The molecule has 1 aromatic rings. The summed E-state index contributed by atoms with van der Waals surface area (Å²) >= 11 is 0. The highest BCUT2D eigenvalue weighted by Gasteiger charge is 2.31. The third-order valence-corrected chi connectivity index (χ3v) is 2.98. The summed E-state index contributed by atoms with van der Waals surface area (Å²) in [5.74, 6) is 0. The number of benzene rings is 1. The quantitative estimate of drug-likeness (QED) is 0.839. The fourth-order valence-corrected chi connectivity index (χ4v) is 2.01. The van der Waals surface area contributed by atoms with Gasteiger partial charge in [-0.3, -0.25) is 0 Å². The summed E-state index contributed by atoms with van der Waals surface area (Å²) in [5, 5.41) is 2.99. The third kappa shape index (κ3) is 3.68. The molecule has 0 saturated carbocycles. The number of nitrogens with one attached hydrogen (secondary N) is 1. The highest BCUT2D eigenvalue weighted by atomic mass is 19.4. The fourth-order valence-electron chi connectivity index (χ4n) is 2.01. The Labute approximate surface area is 110 Å². The first-order chi connectivity index (χ1) is 8.85. The predicted molar refractivity (Wildman–Crippen MR) is 65.8 cm³/mol. The SMILES string of the molecule is CNC(c1ccc(C(F)(F)F)cc1C)C(OC)OC. The van der Waals surface area contributed by atoms with E-state index in [4.69, 9.17) is 9.47 Å². The summed E-state index contributed by atoms with van der Waals surface area (Å²) in [7, 11) is 4.67. The van der Waals surface area contributed by atoms with E-state index in [9.17, 15) is 13.2 Å². The molecule has 0 amide bonds. The van der Waals surface area contributed by atoms with Crippen molar-refractivity contribution in [2.24, 2.45) is 0 Å². The predicted octanol–water partition coefficient (Wildman–Crippen LogP) is 2.89. The van der Waals surface area contributed by atoms with Crippen LogP contribution in [0.1, 0.15) is 22.7 Å². The van der Waals surface area contributed by atoms with Gasteiger partial charge in [-0.25, -0.2) is 0 Å². The Morgan fingerprint density at radius 2 is 1.74 bits per heavy atom. The Balaban J connectivity index is 3.13. The van der Waals surface area contributed by atoms with Gasteiger partial charge in [-0.2, -0.15) is 13.2 Å². The molecule has 3 nitrogen and oxygen atoms in total. The van der Waals surface area contributed by atoms with Crippen LogP contribution in [0.3, 0.4) is 0 Å². The van der Waals surface area contributed by atoms with Gasteiger partial charge in [-0.15, -0.1) is 0 Å². The van der Waals surface area contributed by atoms with E-state index in [0.717, 1.165) is 12.1 Å². The number of aryl methyl sites for hydroxylation is 1. The number of rotatable bonds is 5. The van der Waals surface area contributed by atoms with Crippen LogP contribution in [-0.2, 0) is 15.7 Å². The smallest absolute Gasteiger partial charge is 0.354 e. The molecule has 0 fully saturated rings. The summed E-state index contributed by atoms with van der Waals surface area (Å²) in [6, 6.07) is 3.30. The Morgan fingerprint density at radius 1 is 1.16 bits per heavy atom. The molecule has 0 aliphatic carbocycles. The number of alkyl halides is 3. The van der Waals surface area contributed by atoms with E-state index in [1.54, 1.807) is 14.0 Å². The molecule has 1 aromatic carbocycles. The van der Waals surface area contributed by atoms with Crippen LogP contribution in [-0.4, -0.2) is 27.6 Å². The zero-order valence-electron chi connectivity index (χ0n) is 11.3. The summed E-state index contributed by atoms with van der Waals surface area (Å²) in [6.07, 6.45) is -4.90. The Kier molecular flexibility index (Phi) is 5.34. The van der Waals surface area contributed by atoms with E-state index in [2.05, 4.69) is 5.32 Å². The van der Waals surface area contributed by atoms with Gasteiger partial charge in [-0.1, -0.05) is 6.07 Å². The molecule has 6 heteroatoms.